The summed E-state index contributed by atoms with van der Waals surface area (Å²) in [4.78, 5) is 29.7. The van der Waals surface area contributed by atoms with E-state index in [0.29, 0.717) is 18.5 Å². The number of aryl methyl sites for hydroxylation is 2. The van der Waals surface area contributed by atoms with Crippen LogP contribution in [0, 0.1) is 12.8 Å². The first-order chi connectivity index (χ1) is 19.1. The number of hydrogen-bond acceptors (Lipinski definition) is 5. The van der Waals surface area contributed by atoms with Crippen LogP contribution in [-0.2, 0) is 28.9 Å². The van der Waals surface area contributed by atoms with Gasteiger partial charge in [0.2, 0.25) is 5.91 Å². The minimum Gasteiger partial charge on any atom is -0.497 e. The number of fused-ring (bicyclic) bond motifs is 1. The standard InChI is InChI=1S/C33H47N3O4/c1-24-9-11-26(12-10-24)22-36(32(38)40-33(2,3)4)23-31(37)35-17-15-25(16-18-35)21-34-29-8-6-7-27-13-14-30(39-5)20-28(27)19-29/h9-14,20,25,29,34H,6-8,15-19,21-23H2,1-5H3. The molecule has 218 valence electrons. The van der Waals surface area contributed by atoms with Crippen molar-refractivity contribution < 1.29 is 19.1 Å². The molecule has 0 saturated carbocycles. The molecule has 1 aliphatic heterocycles. The van der Waals surface area contributed by atoms with Crippen LogP contribution in [0.15, 0.2) is 42.5 Å². The monoisotopic (exact) mass is 549 g/mol. The summed E-state index contributed by atoms with van der Waals surface area (Å²) in [6.45, 7) is 10.4. The highest BCUT2D eigenvalue weighted by Crippen LogP contribution is 2.26. The van der Waals surface area contributed by atoms with Gasteiger partial charge in [-0.15, -0.1) is 0 Å². The van der Waals surface area contributed by atoms with Crippen LogP contribution >= 0.6 is 0 Å². The molecule has 1 heterocycles. The Hall–Kier alpha value is -3.06. The van der Waals surface area contributed by atoms with Gasteiger partial charge in [-0.3, -0.25) is 9.69 Å². The van der Waals surface area contributed by atoms with E-state index in [4.69, 9.17) is 9.47 Å². The summed E-state index contributed by atoms with van der Waals surface area (Å²) in [5, 5.41) is 3.84. The Balaban J connectivity index is 1.27. The van der Waals surface area contributed by atoms with Crippen molar-refractivity contribution in [2.75, 3.05) is 33.3 Å². The number of carbonyl (C=O) groups is 2. The quantitative estimate of drug-likeness (QED) is 0.440. The summed E-state index contributed by atoms with van der Waals surface area (Å²) in [6, 6.07) is 15.0. The van der Waals surface area contributed by atoms with Crippen LogP contribution in [0.3, 0.4) is 0 Å². The van der Waals surface area contributed by atoms with Gasteiger partial charge >= 0.3 is 6.09 Å². The van der Waals surface area contributed by atoms with Gasteiger partial charge < -0.3 is 19.7 Å². The summed E-state index contributed by atoms with van der Waals surface area (Å²) >= 11 is 0. The topological polar surface area (TPSA) is 71.1 Å². The molecule has 1 atom stereocenters. The molecule has 2 amide bonds. The smallest absolute Gasteiger partial charge is 0.411 e. The maximum absolute atomic E-state index is 13.3. The second-order valence-corrected chi connectivity index (χ2v) is 12.5. The van der Waals surface area contributed by atoms with Crippen molar-refractivity contribution in [1.82, 2.24) is 15.1 Å². The van der Waals surface area contributed by atoms with Crippen LogP contribution in [0.1, 0.15) is 68.7 Å². The number of methoxy groups -OCH3 is 1. The van der Waals surface area contributed by atoms with Gasteiger partial charge in [0.25, 0.3) is 0 Å². The second kappa shape index (κ2) is 13.5. The number of piperidine rings is 1. The average Bonchev–Trinajstić information content (AvgIpc) is 3.13. The SMILES string of the molecule is COc1ccc2c(c1)CC(NCC1CCN(C(=O)CN(Cc3ccc(C)cc3)C(=O)OC(C)(C)C)CC1)CCC2. The molecule has 0 radical (unpaired) electrons. The highest BCUT2D eigenvalue weighted by molar-refractivity contribution is 5.82. The zero-order chi connectivity index (χ0) is 28.7. The van der Waals surface area contributed by atoms with Crippen LogP contribution in [-0.4, -0.2) is 66.7 Å². The minimum absolute atomic E-state index is 0.0151. The van der Waals surface area contributed by atoms with Crippen molar-refractivity contribution >= 4 is 12.0 Å². The van der Waals surface area contributed by atoms with E-state index in [1.165, 1.54) is 28.9 Å². The number of carbonyl (C=O) groups excluding carboxylic acids is 2. The molecule has 2 aromatic rings. The van der Waals surface area contributed by atoms with E-state index in [1.54, 1.807) is 7.11 Å². The normalized spacial score (nSPS) is 18.0. The van der Waals surface area contributed by atoms with E-state index in [9.17, 15) is 9.59 Å². The zero-order valence-electron chi connectivity index (χ0n) is 25.0. The molecule has 1 N–H and O–H groups in total. The zero-order valence-corrected chi connectivity index (χ0v) is 25.0. The third-order valence-electron chi connectivity index (χ3n) is 8.01. The molecule has 2 aromatic carbocycles. The highest BCUT2D eigenvalue weighted by Gasteiger charge is 2.29. The van der Waals surface area contributed by atoms with Gasteiger partial charge in [0, 0.05) is 25.7 Å². The van der Waals surface area contributed by atoms with Crippen molar-refractivity contribution in [3.05, 3.63) is 64.7 Å². The molecule has 0 bridgehead atoms. The fourth-order valence-corrected chi connectivity index (χ4v) is 5.65. The Bertz CT molecular complexity index is 1130. The number of nitrogens with zero attached hydrogens (tertiary/aromatic N) is 2. The van der Waals surface area contributed by atoms with Crippen molar-refractivity contribution in [1.29, 1.82) is 0 Å². The Morgan fingerprint density at radius 1 is 1.02 bits per heavy atom. The number of hydrogen-bond donors (Lipinski definition) is 1. The maximum Gasteiger partial charge on any atom is 0.411 e. The van der Waals surface area contributed by atoms with E-state index in [-0.39, 0.29) is 12.5 Å². The summed E-state index contributed by atoms with van der Waals surface area (Å²) in [5.74, 6) is 1.46. The fraction of sp³-hybridized carbons (Fsp3) is 0.576. The Morgan fingerprint density at radius 2 is 1.75 bits per heavy atom. The minimum atomic E-state index is -0.623. The molecule has 1 fully saturated rings. The molecule has 1 saturated heterocycles. The number of amides is 2. The second-order valence-electron chi connectivity index (χ2n) is 12.5. The Kier molecular flexibility index (Phi) is 10.1. The van der Waals surface area contributed by atoms with Crippen LogP contribution in [0.4, 0.5) is 4.79 Å². The Morgan fingerprint density at radius 3 is 2.42 bits per heavy atom. The first kappa shape index (κ1) is 29.9. The van der Waals surface area contributed by atoms with Gasteiger partial charge in [-0.25, -0.2) is 4.79 Å². The van der Waals surface area contributed by atoms with Gasteiger partial charge in [0.1, 0.15) is 17.9 Å². The number of rotatable bonds is 8. The molecule has 40 heavy (non-hydrogen) atoms. The van der Waals surface area contributed by atoms with Crippen LogP contribution < -0.4 is 10.1 Å². The molecule has 7 heteroatoms. The predicted molar refractivity (Wildman–Crippen MR) is 159 cm³/mol. The van der Waals surface area contributed by atoms with Crippen molar-refractivity contribution in [3.63, 3.8) is 0 Å². The van der Waals surface area contributed by atoms with E-state index < -0.39 is 11.7 Å². The van der Waals surface area contributed by atoms with Gasteiger partial charge in [0.15, 0.2) is 0 Å². The molecule has 1 aliphatic carbocycles. The number of ether oxygens (including phenoxy) is 2. The molecule has 4 rings (SSSR count). The number of nitrogens with one attached hydrogen (secondary N) is 1. The van der Waals surface area contributed by atoms with Crippen molar-refractivity contribution in [3.8, 4) is 5.75 Å². The first-order valence-electron chi connectivity index (χ1n) is 14.8. The van der Waals surface area contributed by atoms with Gasteiger partial charge in [-0.2, -0.15) is 0 Å². The number of benzene rings is 2. The summed E-state index contributed by atoms with van der Waals surface area (Å²) in [5.41, 5.74) is 4.36. The first-order valence-corrected chi connectivity index (χ1v) is 14.8. The van der Waals surface area contributed by atoms with Crippen molar-refractivity contribution in [2.24, 2.45) is 5.92 Å². The van der Waals surface area contributed by atoms with E-state index in [0.717, 1.165) is 62.2 Å². The summed E-state index contributed by atoms with van der Waals surface area (Å²) < 4.78 is 11.1. The van der Waals surface area contributed by atoms with Crippen LogP contribution in [0.25, 0.3) is 0 Å². The lowest BCUT2D eigenvalue weighted by molar-refractivity contribution is -0.133. The van der Waals surface area contributed by atoms with Crippen LogP contribution in [0.5, 0.6) is 5.75 Å². The van der Waals surface area contributed by atoms with E-state index in [1.807, 2.05) is 56.9 Å². The van der Waals surface area contributed by atoms with Gasteiger partial charge in [-0.1, -0.05) is 35.9 Å². The van der Waals surface area contributed by atoms with Crippen LogP contribution in [0.2, 0.25) is 0 Å². The molecular weight excluding hydrogens is 502 g/mol. The molecule has 2 aliphatic rings. The lowest BCUT2D eigenvalue weighted by Crippen LogP contribution is -2.47. The summed E-state index contributed by atoms with van der Waals surface area (Å²) in [6.07, 6.45) is 6.02. The molecule has 0 aromatic heterocycles. The third kappa shape index (κ3) is 8.72. The Labute approximate surface area is 240 Å². The number of likely N-dealkylation sites (tertiary alicyclic amines) is 1. The fourth-order valence-electron chi connectivity index (χ4n) is 5.65. The lowest BCUT2D eigenvalue weighted by atomic mass is 9.95. The maximum atomic E-state index is 13.3. The van der Waals surface area contributed by atoms with E-state index >= 15 is 0 Å². The predicted octanol–water partition coefficient (Wildman–Crippen LogP) is 5.52. The molecular formula is C33H47N3O4. The van der Waals surface area contributed by atoms with Crippen molar-refractivity contribution in [2.45, 2.75) is 84.4 Å². The third-order valence-corrected chi connectivity index (χ3v) is 8.01. The largest absolute Gasteiger partial charge is 0.497 e. The average molecular weight is 550 g/mol. The molecule has 0 spiro atoms. The van der Waals surface area contributed by atoms with Gasteiger partial charge in [0.05, 0.1) is 7.11 Å². The highest BCUT2D eigenvalue weighted by atomic mass is 16.6. The summed E-state index contributed by atoms with van der Waals surface area (Å²) in [7, 11) is 1.73. The molecule has 1 unspecified atom stereocenters. The molecule has 7 nitrogen and oxygen atoms in total. The van der Waals surface area contributed by atoms with E-state index in [2.05, 4.69) is 23.5 Å². The lowest BCUT2D eigenvalue weighted by Gasteiger charge is -2.34. The van der Waals surface area contributed by atoms with Gasteiger partial charge in [-0.05, 0) is 108 Å².